The van der Waals surface area contributed by atoms with E-state index in [2.05, 4.69) is 13.2 Å². The summed E-state index contributed by atoms with van der Waals surface area (Å²) in [7, 11) is 0. The van der Waals surface area contributed by atoms with Crippen LogP contribution in [0.1, 0.15) is 20.8 Å². The van der Waals surface area contributed by atoms with Crippen molar-refractivity contribution in [3.8, 4) is 0 Å². The standard InChI is InChI=1S/C11H16/c1-6-10(4)11(5)8-7-9(2)3/h6-8H,2,5H2,1,3-4H3/b8-7-,10-6-. The summed E-state index contributed by atoms with van der Waals surface area (Å²) < 4.78 is 0. The van der Waals surface area contributed by atoms with Crippen molar-refractivity contribution in [3.05, 3.63) is 48.1 Å². The Morgan fingerprint density at radius 2 is 1.64 bits per heavy atom. The van der Waals surface area contributed by atoms with E-state index in [4.69, 9.17) is 0 Å². The fraction of sp³-hybridized carbons (Fsp3) is 0.273. The van der Waals surface area contributed by atoms with E-state index in [0.717, 1.165) is 11.1 Å². The Hall–Kier alpha value is -1.04. The van der Waals surface area contributed by atoms with Gasteiger partial charge in [0.2, 0.25) is 0 Å². The summed E-state index contributed by atoms with van der Waals surface area (Å²) in [6.07, 6.45) is 6.00. The molecule has 0 saturated carbocycles. The van der Waals surface area contributed by atoms with Gasteiger partial charge in [0.1, 0.15) is 0 Å². The van der Waals surface area contributed by atoms with Gasteiger partial charge in [0, 0.05) is 0 Å². The van der Waals surface area contributed by atoms with Crippen molar-refractivity contribution in [3.63, 3.8) is 0 Å². The first kappa shape index (κ1) is 9.96. The van der Waals surface area contributed by atoms with Crippen LogP contribution < -0.4 is 0 Å². The van der Waals surface area contributed by atoms with E-state index >= 15 is 0 Å². The van der Waals surface area contributed by atoms with Crippen LogP contribution in [0.5, 0.6) is 0 Å². The molecule has 0 aromatic rings. The van der Waals surface area contributed by atoms with Gasteiger partial charge in [-0.3, -0.25) is 0 Å². The molecule has 0 aromatic carbocycles. The Balaban J connectivity index is 4.19. The molecule has 0 N–H and O–H groups in total. The van der Waals surface area contributed by atoms with Gasteiger partial charge in [0.15, 0.2) is 0 Å². The van der Waals surface area contributed by atoms with Crippen molar-refractivity contribution in [2.24, 2.45) is 0 Å². The molecule has 0 bridgehead atoms. The Kier molecular flexibility index (Phi) is 4.28. The van der Waals surface area contributed by atoms with Crippen molar-refractivity contribution in [2.45, 2.75) is 20.8 Å². The zero-order valence-electron chi connectivity index (χ0n) is 7.65. The molecule has 0 atom stereocenters. The van der Waals surface area contributed by atoms with Crippen molar-refractivity contribution < 1.29 is 0 Å². The lowest BCUT2D eigenvalue weighted by Crippen LogP contribution is -1.76. The minimum absolute atomic E-state index is 1.05. The predicted octanol–water partition coefficient (Wildman–Crippen LogP) is 3.64. The van der Waals surface area contributed by atoms with E-state index < -0.39 is 0 Å². The molecular weight excluding hydrogens is 132 g/mol. The quantitative estimate of drug-likeness (QED) is 0.536. The van der Waals surface area contributed by atoms with Gasteiger partial charge in [-0.15, -0.1) is 0 Å². The summed E-state index contributed by atoms with van der Waals surface area (Å²) in [6.45, 7) is 13.7. The van der Waals surface area contributed by atoms with Crippen LogP contribution >= 0.6 is 0 Å². The summed E-state index contributed by atoms with van der Waals surface area (Å²) in [5, 5.41) is 0. The van der Waals surface area contributed by atoms with Gasteiger partial charge in [0.25, 0.3) is 0 Å². The molecule has 0 aliphatic rings. The average molecular weight is 148 g/mol. The van der Waals surface area contributed by atoms with Crippen LogP contribution in [0.3, 0.4) is 0 Å². The second kappa shape index (κ2) is 4.73. The lowest BCUT2D eigenvalue weighted by atomic mass is 10.1. The monoisotopic (exact) mass is 148 g/mol. The van der Waals surface area contributed by atoms with Crippen LogP contribution in [0.15, 0.2) is 48.1 Å². The number of hydrogen-bond donors (Lipinski definition) is 0. The predicted molar refractivity (Wildman–Crippen MR) is 52.5 cm³/mol. The summed E-state index contributed by atoms with van der Waals surface area (Å²) in [4.78, 5) is 0. The van der Waals surface area contributed by atoms with Crippen LogP contribution in [0.25, 0.3) is 0 Å². The lowest BCUT2D eigenvalue weighted by Gasteiger charge is -1.97. The summed E-state index contributed by atoms with van der Waals surface area (Å²) in [5.41, 5.74) is 3.31. The molecule has 0 aliphatic heterocycles. The first-order valence-corrected chi connectivity index (χ1v) is 3.73. The van der Waals surface area contributed by atoms with Crippen molar-refractivity contribution in [2.75, 3.05) is 0 Å². The van der Waals surface area contributed by atoms with Crippen molar-refractivity contribution >= 4 is 0 Å². The van der Waals surface area contributed by atoms with E-state index in [1.807, 2.05) is 39.0 Å². The molecule has 0 rings (SSSR count). The van der Waals surface area contributed by atoms with Gasteiger partial charge in [-0.05, 0) is 31.9 Å². The molecule has 0 heterocycles. The molecule has 0 unspecified atom stereocenters. The van der Waals surface area contributed by atoms with Crippen molar-refractivity contribution in [1.29, 1.82) is 0 Å². The molecule has 0 saturated heterocycles. The molecule has 0 fully saturated rings. The molecule has 0 amide bonds. The lowest BCUT2D eigenvalue weighted by molar-refractivity contribution is 1.40. The van der Waals surface area contributed by atoms with Gasteiger partial charge >= 0.3 is 0 Å². The molecule has 0 heteroatoms. The Morgan fingerprint density at radius 3 is 2.00 bits per heavy atom. The van der Waals surface area contributed by atoms with Gasteiger partial charge in [0.05, 0.1) is 0 Å². The molecule has 60 valence electrons. The zero-order chi connectivity index (χ0) is 8.85. The first-order chi connectivity index (χ1) is 5.07. The number of rotatable bonds is 3. The van der Waals surface area contributed by atoms with Gasteiger partial charge in [-0.25, -0.2) is 0 Å². The Bertz CT molecular complexity index is 214. The van der Waals surface area contributed by atoms with E-state index in [1.165, 1.54) is 5.57 Å². The fourth-order valence-corrected chi connectivity index (χ4v) is 0.560. The highest BCUT2D eigenvalue weighted by molar-refractivity contribution is 5.37. The maximum Gasteiger partial charge on any atom is -0.0303 e. The van der Waals surface area contributed by atoms with E-state index in [1.54, 1.807) is 0 Å². The average Bonchev–Trinajstić information content (AvgIpc) is 1.98. The van der Waals surface area contributed by atoms with Crippen LogP contribution in [-0.2, 0) is 0 Å². The second-order valence-corrected chi connectivity index (χ2v) is 2.68. The zero-order valence-corrected chi connectivity index (χ0v) is 7.65. The highest BCUT2D eigenvalue weighted by atomic mass is 13.9. The highest BCUT2D eigenvalue weighted by Gasteiger charge is 1.88. The van der Waals surface area contributed by atoms with Gasteiger partial charge < -0.3 is 0 Å². The minimum Gasteiger partial charge on any atom is -0.0961 e. The normalized spacial score (nSPS) is 12.1. The van der Waals surface area contributed by atoms with Crippen LogP contribution in [-0.4, -0.2) is 0 Å². The topological polar surface area (TPSA) is 0 Å². The van der Waals surface area contributed by atoms with Crippen LogP contribution in [0, 0.1) is 0 Å². The molecule has 0 radical (unpaired) electrons. The fourth-order valence-electron chi connectivity index (χ4n) is 0.560. The maximum atomic E-state index is 3.90. The third-order valence-corrected chi connectivity index (χ3v) is 1.51. The number of hydrogen-bond acceptors (Lipinski definition) is 0. The third kappa shape index (κ3) is 4.38. The SMILES string of the molecule is C=C(C)/C=C\C(=C)/C(C)=C\C. The van der Waals surface area contributed by atoms with E-state index in [9.17, 15) is 0 Å². The smallest absolute Gasteiger partial charge is 0.0303 e. The van der Waals surface area contributed by atoms with E-state index in [0.29, 0.717) is 0 Å². The summed E-state index contributed by atoms with van der Waals surface area (Å²) in [6, 6.07) is 0. The molecular formula is C11H16. The minimum atomic E-state index is 1.05. The van der Waals surface area contributed by atoms with E-state index in [-0.39, 0.29) is 0 Å². The molecule has 0 aromatic heterocycles. The third-order valence-electron chi connectivity index (χ3n) is 1.51. The highest BCUT2D eigenvalue weighted by Crippen LogP contribution is 2.08. The second-order valence-electron chi connectivity index (χ2n) is 2.68. The van der Waals surface area contributed by atoms with Crippen molar-refractivity contribution in [1.82, 2.24) is 0 Å². The largest absolute Gasteiger partial charge is 0.0961 e. The Labute approximate surface area is 69.6 Å². The van der Waals surface area contributed by atoms with Gasteiger partial charge in [-0.2, -0.15) is 0 Å². The van der Waals surface area contributed by atoms with Crippen LogP contribution in [0.2, 0.25) is 0 Å². The van der Waals surface area contributed by atoms with Crippen LogP contribution in [0.4, 0.5) is 0 Å². The van der Waals surface area contributed by atoms with Gasteiger partial charge in [-0.1, -0.05) is 37.0 Å². The molecule has 0 spiro atoms. The Morgan fingerprint density at radius 1 is 1.09 bits per heavy atom. The molecule has 0 aliphatic carbocycles. The number of allylic oxidation sites excluding steroid dienone is 6. The molecule has 11 heavy (non-hydrogen) atoms. The first-order valence-electron chi connectivity index (χ1n) is 3.73. The summed E-state index contributed by atoms with van der Waals surface area (Å²) in [5.74, 6) is 0. The maximum absolute atomic E-state index is 3.90. The summed E-state index contributed by atoms with van der Waals surface area (Å²) >= 11 is 0. The molecule has 0 nitrogen and oxygen atoms in total.